The average Bonchev–Trinajstić information content (AvgIpc) is 3.00. The molecule has 2 aromatic carbocycles. The van der Waals surface area contributed by atoms with Gasteiger partial charge in [-0.05, 0) is 56.1 Å². The summed E-state index contributed by atoms with van der Waals surface area (Å²) in [5.74, 6) is -0.590. The van der Waals surface area contributed by atoms with Crippen LogP contribution in [0.25, 0.3) is 27.6 Å². The Kier molecular flexibility index (Phi) is 4.21. The summed E-state index contributed by atoms with van der Waals surface area (Å²) in [4.78, 5) is 25.7. The highest BCUT2D eigenvalue weighted by atomic mass is 79.9. The van der Waals surface area contributed by atoms with Crippen molar-refractivity contribution < 1.29 is 13.6 Å². The van der Waals surface area contributed by atoms with Crippen molar-refractivity contribution >= 4 is 65.4 Å². The minimum absolute atomic E-state index is 0.0522. The van der Waals surface area contributed by atoms with E-state index >= 15 is 0 Å². The van der Waals surface area contributed by atoms with Crippen LogP contribution in [0.4, 0.5) is 0 Å². The number of methoxy groups -OCH3 is 1. The van der Waals surface area contributed by atoms with Crippen LogP contribution in [0.2, 0.25) is 5.02 Å². The van der Waals surface area contributed by atoms with Gasteiger partial charge in [0.1, 0.15) is 21.9 Å². The Morgan fingerprint density at radius 1 is 1.08 bits per heavy atom. The van der Waals surface area contributed by atoms with Crippen LogP contribution in [-0.2, 0) is 0 Å². The monoisotopic (exact) mass is 499 g/mol. The summed E-state index contributed by atoms with van der Waals surface area (Å²) in [6.45, 7) is 0. The molecule has 6 nitrogen and oxygen atoms in total. The molecule has 0 saturated heterocycles. The molecule has 4 rings (SSSR count). The van der Waals surface area contributed by atoms with Crippen molar-refractivity contribution in [1.82, 2.24) is 4.57 Å². The highest BCUT2D eigenvalue weighted by molar-refractivity contribution is 9.11. The third-order valence-electron chi connectivity index (χ3n) is 3.90. The molecule has 0 spiro atoms. The van der Waals surface area contributed by atoms with E-state index < -0.39 is 11.3 Å². The molecule has 0 aliphatic rings. The first-order valence-electron chi connectivity index (χ1n) is 7.22. The van der Waals surface area contributed by atoms with Crippen LogP contribution in [-0.4, -0.2) is 11.7 Å². The number of hydrogen-bond donors (Lipinski definition) is 0. The smallest absolute Gasteiger partial charge is 0.427 e. The molecule has 0 bridgehead atoms. The molecule has 4 aromatic rings. The van der Waals surface area contributed by atoms with Gasteiger partial charge in [0.2, 0.25) is 0 Å². The fourth-order valence-electron chi connectivity index (χ4n) is 2.79. The topological polar surface area (TPSA) is 74.6 Å². The van der Waals surface area contributed by atoms with Gasteiger partial charge in [0.05, 0.1) is 22.7 Å². The number of benzene rings is 2. The van der Waals surface area contributed by atoms with Gasteiger partial charge in [-0.3, -0.25) is 4.79 Å². The zero-order valence-electron chi connectivity index (χ0n) is 13.0. The summed E-state index contributed by atoms with van der Waals surface area (Å²) < 4.78 is 18.2. The van der Waals surface area contributed by atoms with Crippen LogP contribution in [0.15, 0.2) is 57.9 Å². The van der Waals surface area contributed by atoms with Gasteiger partial charge in [0.15, 0.2) is 11.2 Å². The zero-order chi connectivity index (χ0) is 18.6. The molecular formula is C17H8Br2ClNO5. The van der Waals surface area contributed by atoms with Crippen LogP contribution < -0.4 is 16.1 Å². The molecule has 2 heterocycles. The number of rotatable bonds is 2. The zero-order valence-corrected chi connectivity index (χ0v) is 16.9. The molecule has 0 unspecified atom stereocenters. The van der Waals surface area contributed by atoms with Crippen molar-refractivity contribution in [1.29, 1.82) is 0 Å². The number of aromatic nitrogens is 1. The Morgan fingerprint density at radius 3 is 2.42 bits per heavy atom. The number of nitrogens with zero attached hydrogens (tertiary/aromatic N) is 1. The second-order valence-corrected chi connectivity index (χ2v) is 7.41. The minimum Gasteiger partial charge on any atom is -0.495 e. The normalized spacial score (nSPS) is 11.4. The van der Waals surface area contributed by atoms with E-state index in [-0.39, 0.29) is 16.7 Å². The van der Waals surface area contributed by atoms with Crippen molar-refractivity contribution in [2.75, 3.05) is 7.11 Å². The van der Waals surface area contributed by atoms with E-state index in [1.165, 1.54) is 13.4 Å². The average molecular weight is 502 g/mol. The molecule has 0 aliphatic heterocycles. The van der Waals surface area contributed by atoms with Gasteiger partial charge < -0.3 is 13.6 Å². The van der Waals surface area contributed by atoms with Crippen molar-refractivity contribution in [2.45, 2.75) is 0 Å². The Morgan fingerprint density at radius 2 is 1.77 bits per heavy atom. The van der Waals surface area contributed by atoms with Crippen molar-refractivity contribution in [3.05, 3.63) is 65.4 Å². The molecular weight excluding hydrogens is 493 g/mol. The molecule has 0 saturated carbocycles. The van der Waals surface area contributed by atoms with E-state index in [4.69, 9.17) is 25.2 Å². The van der Waals surface area contributed by atoms with Crippen LogP contribution >= 0.6 is 43.5 Å². The molecule has 0 fully saturated rings. The standard InChI is InChI=1S/C17H8Br2ClNO5/c1-24-13-10-9(18)6-25-14(10)12(19)15-11(13)16(22)21(17(23)26-15)8-4-2-7(20)3-5-8/h2-6H,1H3. The molecule has 26 heavy (non-hydrogen) atoms. The van der Waals surface area contributed by atoms with E-state index in [1.807, 2.05) is 0 Å². The Balaban J connectivity index is 2.23. The van der Waals surface area contributed by atoms with Crippen LogP contribution in [0.3, 0.4) is 0 Å². The van der Waals surface area contributed by atoms with E-state index in [0.29, 0.717) is 30.6 Å². The fourth-order valence-corrected chi connectivity index (χ4v) is 3.94. The third-order valence-corrected chi connectivity index (χ3v) is 5.46. The quantitative estimate of drug-likeness (QED) is 0.392. The Bertz CT molecular complexity index is 1290. The summed E-state index contributed by atoms with van der Waals surface area (Å²) in [5, 5.41) is 1.15. The third kappa shape index (κ3) is 2.44. The molecule has 0 N–H and O–H groups in total. The first kappa shape index (κ1) is 17.4. The lowest BCUT2D eigenvalue weighted by molar-refractivity contribution is 0.421. The lowest BCUT2D eigenvalue weighted by Gasteiger charge is -2.10. The van der Waals surface area contributed by atoms with Gasteiger partial charge >= 0.3 is 5.76 Å². The van der Waals surface area contributed by atoms with Crippen LogP contribution in [0.5, 0.6) is 5.75 Å². The second-order valence-electron chi connectivity index (χ2n) is 5.32. The molecule has 132 valence electrons. The molecule has 0 atom stereocenters. The van der Waals surface area contributed by atoms with Crippen molar-refractivity contribution in [3.8, 4) is 11.4 Å². The van der Waals surface area contributed by atoms with E-state index in [9.17, 15) is 9.59 Å². The van der Waals surface area contributed by atoms with Crippen molar-refractivity contribution in [2.24, 2.45) is 0 Å². The summed E-state index contributed by atoms with van der Waals surface area (Å²) >= 11 is 12.6. The van der Waals surface area contributed by atoms with Gasteiger partial charge in [-0.1, -0.05) is 11.6 Å². The van der Waals surface area contributed by atoms with Crippen molar-refractivity contribution in [3.63, 3.8) is 0 Å². The maximum Gasteiger partial charge on any atom is 0.427 e. The Hall–Kier alpha value is -2.03. The predicted octanol–water partition coefficient (Wildman–Crippen LogP) is 4.88. The number of furan rings is 1. The van der Waals surface area contributed by atoms with Gasteiger partial charge in [-0.15, -0.1) is 0 Å². The minimum atomic E-state index is -0.836. The molecule has 9 heteroatoms. The maximum atomic E-state index is 13.2. The first-order chi connectivity index (χ1) is 12.4. The van der Waals surface area contributed by atoms with Gasteiger partial charge in [0.25, 0.3) is 5.56 Å². The van der Waals surface area contributed by atoms with E-state index in [0.717, 1.165) is 4.57 Å². The highest BCUT2D eigenvalue weighted by Crippen LogP contribution is 2.43. The number of ether oxygens (including phenoxy) is 1. The van der Waals surface area contributed by atoms with Gasteiger partial charge in [-0.25, -0.2) is 9.36 Å². The number of hydrogen-bond acceptors (Lipinski definition) is 5. The largest absolute Gasteiger partial charge is 0.495 e. The van der Waals surface area contributed by atoms with Crippen LogP contribution in [0.1, 0.15) is 0 Å². The SMILES string of the molecule is COc1c2c(Br)coc2c(Br)c2oc(=O)n(-c3ccc(Cl)cc3)c(=O)c12. The molecule has 2 aromatic heterocycles. The molecule has 0 radical (unpaired) electrons. The summed E-state index contributed by atoms with van der Waals surface area (Å²) in [5.41, 5.74) is 0.204. The predicted molar refractivity (Wildman–Crippen MR) is 105 cm³/mol. The fraction of sp³-hybridized carbons (Fsp3) is 0.0588. The molecule has 0 amide bonds. The summed E-state index contributed by atoms with van der Waals surface area (Å²) in [6, 6.07) is 6.27. The van der Waals surface area contributed by atoms with E-state index in [1.54, 1.807) is 24.3 Å². The maximum absolute atomic E-state index is 13.2. The Labute approximate surface area is 167 Å². The first-order valence-corrected chi connectivity index (χ1v) is 9.18. The summed E-state index contributed by atoms with van der Waals surface area (Å²) in [6.07, 6.45) is 1.46. The highest BCUT2D eigenvalue weighted by Gasteiger charge is 2.25. The van der Waals surface area contributed by atoms with Gasteiger partial charge in [0, 0.05) is 5.02 Å². The lowest BCUT2D eigenvalue weighted by atomic mass is 10.1. The number of halogens is 3. The van der Waals surface area contributed by atoms with E-state index in [2.05, 4.69) is 31.9 Å². The number of fused-ring (bicyclic) bond motifs is 2. The second kappa shape index (κ2) is 6.29. The summed E-state index contributed by atoms with van der Waals surface area (Å²) in [7, 11) is 1.43. The lowest BCUT2D eigenvalue weighted by Crippen LogP contribution is -2.31. The van der Waals surface area contributed by atoms with Gasteiger partial charge in [-0.2, -0.15) is 0 Å². The van der Waals surface area contributed by atoms with Crippen LogP contribution in [0, 0.1) is 0 Å². The molecule has 0 aliphatic carbocycles.